The summed E-state index contributed by atoms with van der Waals surface area (Å²) < 4.78 is 47.1. The highest BCUT2D eigenvalue weighted by molar-refractivity contribution is 7.54. The quantitative estimate of drug-likeness (QED) is 0.175. The molecule has 3 aromatic carbocycles. The fraction of sp³-hybridized carbons (Fsp3) is 0.345. The molecule has 0 unspecified atom stereocenters. The first-order valence-corrected chi connectivity index (χ1v) is 14.0. The number of hydrogen-bond acceptors (Lipinski definition) is 9. The fourth-order valence-electron chi connectivity index (χ4n) is 3.92. The molecule has 0 radical (unpaired) electrons. The predicted octanol–water partition coefficient (Wildman–Crippen LogP) is 4.72. The maximum Gasteiger partial charge on any atom is 0.361 e. The Morgan fingerprint density at radius 2 is 1.15 bits per heavy atom. The van der Waals surface area contributed by atoms with Gasteiger partial charge in [0.05, 0.1) is 26.4 Å². The zero-order valence-electron chi connectivity index (χ0n) is 22.0. The van der Waals surface area contributed by atoms with Crippen LogP contribution in [0.1, 0.15) is 16.7 Å². The number of benzene rings is 3. The van der Waals surface area contributed by atoms with E-state index >= 15 is 0 Å². The monoisotopic (exact) mass is 558 g/mol. The lowest BCUT2D eigenvalue weighted by Gasteiger charge is -2.36. The number of ether oxygens (including phenoxy) is 4. The highest BCUT2D eigenvalue weighted by Crippen LogP contribution is 2.53. The third-order valence-corrected chi connectivity index (χ3v) is 7.97. The van der Waals surface area contributed by atoms with Gasteiger partial charge in [-0.05, 0) is 16.7 Å². The van der Waals surface area contributed by atoms with E-state index in [9.17, 15) is 14.5 Å². The highest BCUT2D eigenvalue weighted by Gasteiger charge is 2.47. The van der Waals surface area contributed by atoms with Crippen molar-refractivity contribution in [3.8, 4) is 0 Å². The molecule has 4 atom stereocenters. The second kappa shape index (κ2) is 16.3. The van der Waals surface area contributed by atoms with Crippen LogP contribution in [-0.4, -0.2) is 56.6 Å². The van der Waals surface area contributed by atoms with Crippen molar-refractivity contribution >= 4 is 14.1 Å². The molecule has 0 fully saturated rings. The Kier molecular flexibility index (Phi) is 12.8. The van der Waals surface area contributed by atoms with Crippen LogP contribution >= 0.6 is 7.60 Å². The van der Waals surface area contributed by atoms with Gasteiger partial charge in [0.2, 0.25) is 0 Å². The predicted molar refractivity (Wildman–Crippen MR) is 145 cm³/mol. The molecule has 0 amide bonds. The van der Waals surface area contributed by atoms with E-state index in [4.69, 9.17) is 28.0 Å². The van der Waals surface area contributed by atoms with E-state index in [1.54, 1.807) is 0 Å². The summed E-state index contributed by atoms with van der Waals surface area (Å²) in [6.07, 6.45) is -3.46. The number of aliphatic hydroxyl groups excluding tert-OH is 1. The van der Waals surface area contributed by atoms with E-state index in [2.05, 4.69) is 0 Å². The second-order valence-electron chi connectivity index (χ2n) is 8.61. The lowest BCUT2D eigenvalue weighted by Crippen LogP contribution is -2.50. The molecule has 3 rings (SSSR count). The molecule has 0 saturated heterocycles. The van der Waals surface area contributed by atoms with Gasteiger partial charge < -0.3 is 33.1 Å². The Balaban J connectivity index is 1.91. The summed E-state index contributed by atoms with van der Waals surface area (Å²) in [5.74, 6) is -1.77. The molecule has 3 aromatic rings. The zero-order chi connectivity index (χ0) is 27.9. The summed E-state index contributed by atoms with van der Waals surface area (Å²) in [6, 6.07) is 28.1. The summed E-state index contributed by atoms with van der Waals surface area (Å²) in [7, 11) is -1.72. The van der Waals surface area contributed by atoms with Gasteiger partial charge in [0.25, 0.3) is 6.47 Å². The lowest BCUT2D eigenvalue weighted by atomic mass is 10.1. The maximum absolute atomic E-state index is 13.3. The van der Waals surface area contributed by atoms with Gasteiger partial charge in [-0.1, -0.05) is 91.0 Å². The van der Waals surface area contributed by atoms with Crippen LogP contribution in [0.5, 0.6) is 0 Å². The number of carbonyl (C=O) groups is 1. The molecule has 0 bridgehead atoms. The minimum absolute atomic E-state index is 0.0415. The van der Waals surface area contributed by atoms with Crippen LogP contribution < -0.4 is 0 Å². The average molecular weight is 559 g/mol. The van der Waals surface area contributed by atoms with E-state index < -0.39 is 31.8 Å². The van der Waals surface area contributed by atoms with Gasteiger partial charge in [0.15, 0.2) is 11.9 Å². The van der Waals surface area contributed by atoms with Crippen LogP contribution in [0.4, 0.5) is 0 Å². The second-order valence-corrected chi connectivity index (χ2v) is 11.0. The van der Waals surface area contributed by atoms with Crippen LogP contribution in [0.25, 0.3) is 0 Å². The number of rotatable bonds is 18. The Morgan fingerprint density at radius 3 is 1.59 bits per heavy atom. The molecule has 0 aliphatic rings. The average Bonchev–Trinajstić information content (AvgIpc) is 2.99. The highest BCUT2D eigenvalue weighted by atomic mass is 31.2. The normalized spacial score (nSPS) is 14.7. The molecule has 210 valence electrons. The summed E-state index contributed by atoms with van der Waals surface area (Å²) in [5.41, 5.74) is 2.55. The van der Waals surface area contributed by atoms with E-state index in [1.165, 1.54) is 14.2 Å². The van der Waals surface area contributed by atoms with Crippen LogP contribution in [0.3, 0.4) is 0 Å². The fourth-order valence-corrected chi connectivity index (χ4v) is 5.11. The van der Waals surface area contributed by atoms with Gasteiger partial charge >= 0.3 is 7.60 Å². The molecular weight excluding hydrogens is 523 g/mol. The Labute approximate surface area is 229 Å². The van der Waals surface area contributed by atoms with Crippen molar-refractivity contribution in [1.82, 2.24) is 0 Å². The third kappa shape index (κ3) is 9.37. The molecule has 0 spiro atoms. The minimum Gasteiger partial charge on any atom is -0.459 e. The summed E-state index contributed by atoms with van der Waals surface area (Å²) in [6.45, 7) is 0.570. The molecule has 39 heavy (non-hydrogen) atoms. The smallest absolute Gasteiger partial charge is 0.361 e. The maximum atomic E-state index is 13.3. The Hall–Kier alpha value is -2.88. The first kappa shape index (κ1) is 30.7. The molecule has 0 heterocycles. The first-order chi connectivity index (χ1) is 19.0. The Morgan fingerprint density at radius 1 is 0.718 bits per heavy atom. The van der Waals surface area contributed by atoms with Crippen molar-refractivity contribution in [3.05, 3.63) is 108 Å². The number of hydrogen-bond donors (Lipinski definition) is 1. The van der Waals surface area contributed by atoms with Crippen molar-refractivity contribution < 1.29 is 42.5 Å². The van der Waals surface area contributed by atoms with Gasteiger partial charge in [-0.2, -0.15) is 0 Å². The van der Waals surface area contributed by atoms with Crippen molar-refractivity contribution in [3.63, 3.8) is 0 Å². The third-order valence-electron chi connectivity index (χ3n) is 6.01. The number of carbonyl (C=O) groups excluding carboxylic acids is 1. The molecule has 1 N–H and O–H groups in total. The van der Waals surface area contributed by atoms with Crippen molar-refractivity contribution in [2.24, 2.45) is 0 Å². The van der Waals surface area contributed by atoms with Gasteiger partial charge in [0, 0.05) is 14.2 Å². The van der Waals surface area contributed by atoms with Crippen LogP contribution in [0, 0.1) is 0 Å². The molecule has 0 aromatic heterocycles. The summed E-state index contributed by atoms with van der Waals surface area (Å²) >= 11 is 0. The Bertz CT molecular complexity index is 1120. The van der Waals surface area contributed by atoms with Gasteiger partial charge in [-0.15, -0.1) is 0 Å². The SMILES string of the molecule is COP(=O)(OC)[C@@H](O)[C@@H](OCc1ccccc1)[C@H](OCc1ccccc1)[C@@H](COCc1ccccc1)OC=O. The molecule has 0 aliphatic carbocycles. The molecule has 0 saturated carbocycles. The van der Waals surface area contributed by atoms with Crippen LogP contribution in [0.2, 0.25) is 0 Å². The van der Waals surface area contributed by atoms with E-state index in [-0.39, 0.29) is 32.9 Å². The van der Waals surface area contributed by atoms with Gasteiger partial charge in [-0.3, -0.25) is 9.36 Å². The van der Waals surface area contributed by atoms with Crippen molar-refractivity contribution in [2.45, 2.75) is 44.0 Å². The topological polar surface area (TPSA) is 110 Å². The van der Waals surface area contributed by atoms with E-state index in [1.807, 2.05) is 91.0 Å². The van der Waals surface area contributed by atoms with Crippen molar-refractivity contribution in [1.29, 1.82) is 0 Å². The van der Waals surface area contributed by atoms with E-state index in [0.29, 0.717) is 0 Å². The minimum atomic E-state index is -4.07. The van der Waals surface area contributed by atoms with Crippen molar-refractivity contribution in [2.75, 3.05) is 20.8 Å². The molecular formula is C29H35O9P. The standard InChI is InChI=1S/C29H35O9P/c1-33-39(32,34-2)29(31)28(37-20-25-16-10-5-11-17-25)27(36-19-24-14-8-4-9-15-24)26(38-22-30)21-35-18-23-12-6-3-7-13-23/h3-17,22,26-29,31H,18-21H2,1-2H3/t26-,27-,28+,29-/m1/s1. The van der Waals surface area contributed by atoms with Gasteiger partial charge in [0.1, 0.15) is 12.2 Å². The molecule has 0 aliphatic heterocycles. The number of aliphatic hydroxyl groups is 1. The zero-order valence-corrected chi connectivity index (χ0v) is 22.9. The van der Waals surface area contributed by atoms with Crippen LogP contribution in [0.15, 0.2) is 91.0 Å². The first-order valence-electron chi connectivity index (χ1n) is 12.4. The van der Waals surface area contributed by atoms with Crippen LogP contribution in [-0.2, 0) is 57.2 Å². The summed E-state index contributed by atoms with van der Waals surface area (Å²) in [4.78, 5) is 11.6. The lowest BCUT2D eigenvalue weighted by molar-refractivity contribution is -0.181. The van der Waals surface area contributed by atoms with E-state index in [0.717, 1.165) is 16.7 Å². The largest absolute Gasteiger partial charge is 0.459 e. The van der Waals surface area contributed by atoms with Gasteiger partial charge in [-0.25, -0.2) is 0 Å². The molecule has 9 nitrogen and oxygen atoms in total. The molecule has 10 heteroatoms. The summed E-state index contributed by atoms with van der Waals surface area (Å²) in [5, 5.41) is 11.3.